The molecule has 17 heavy (non-hydrogen) atoms. The van der Waals surface area contributed by atoms with Crippen LogP contribution >= 0.6 is 0 Å². The van der Waals surface area contributed by atoms with Crippen LogP contribution in [-0.4, -0.2) is 7.11 Å². The third-order valence-corrected chi connectivity index (χ3v) is 3.00. The lowest BCUT2D eigenvalue weighted by molar-refractivity contribution is 0.414. The van der Waals surface area contributed by atoms with Crippen LogP contribution in [0.3, 0.4) is 0 Å². The minimum atomic E-state index is 0.420. The topological polar surface area (TPSA) is 33.0 Å². The Bertz CT molecular complexity index is 477. The third kappa shape index (κ3) is 2.76. The van der Waals surface area contributed by atoms with Crippen LogP contribution in [0.4, 0.5) is 0 Å². The summed E-state index contributed by atoms with van der Waals surface area (Å²) >= 11 is 0. The van der Waals surface area contributed by atoms with Crippen LogP contribution in [-0.2, 0) is 0 Å². The van der Waals surface area contributed by atoms with Gasteiger partial charge in [0.05, 0.1) is 19.6 Å². The Balaban J connectivity index is 2.06. The lowest BCUT2D eigenvalue weighted by Crippen LogP contribution is -1.98. The molecule has 0 spiro atoms. The maximum Gasteiger partial charge on any atom is 0.118 e. The Morgan fingerprint density at radius 3 is 2.65 bits per heavy atom. The number of ether oxygens (including phenoxy) is 1. The Hall–Kier alpha value is -2.01. The zero-order valence-corrected chi connectivity index (χ0v) is 9.89. The van der Waals surface area contributed by atoms with Gasteiger partial charge >= 0.3 is 0 Å². The highest BCUT2D eigenvalue weighted by atomic mass is 16.5. The van der Waals surface area contributed by atoms with Crippen molar-refractivity contribution in [1.29, 1.82) is 5.26 Å². The van der Waals surface area contributed by atoms with Crippen molar-refractivity contribution in [2.45, 2.75) is 18.8 Å². The van der Waals surface area contributed by atoms with Crippen molar-refractivity contribution in [2.24, 2.45) is 0 Å². The van der Waals surface area contributed by atoms with Crippen molar-refractivity contribution in [3.63, 3.8) is 0 Å². The van der Waals surface area contributed by atoms with E-state index in [4.69, 9.17) is 10.00 Å². The molecule has 2 rings (SSSR count). The zero-order valence-electron chi connectivity index (χ0n) is 9.89. The summed E-state index contributed by atoms with van der Waals surface area (Å²) < 4.78 is 5.14. The van der Waals surface area contributed by atoms with E-state index in [0.717, 1.165) is 17.7 Å². The number of hydrogen-bond donors (Lipinski definition) is 0. The smallest absolute Gasteiger partial charge is 0.118 e. The van der Waals surface area contributed by atoms with Gasteiger partial charge in [-0.05, 0) is 29.7 Å². The first-order valence-electron chi connectivity index (χ1n) is 5.71. The highest BCUT2D eigenvalue weighted by Crippen LogP contribution is 2.28. The van der Waals surface area contributed by atoms with Gasteiger partial charge in [0, 0.05) is 5.92 Å². The van der Waals surface area contributed by atoms with E-state index in [1.165, 1.54) is 5.56 Å². The van der Waals surface area contributed by atoms with Crippen LogP contribution in [0.2, 0.25) is 0 Å². The number of benzene rings is 1. The second kappa shape index (κ2) is 5.36. The monoisotopic (exact) mass is 225 g/mol. The van der Waals surface area contributed by atoms with Gasteiger partial charge in [0.15, 0.2) is 0 Å². The van der Waals surface area contributed by atoms with Gasteiger partial charge in [-0.1, -0.05) is 30.4 Å². The predicted molar refractivity (Wildman–Crippen MR) is 67.8 cm³/mol. The minimum Gasteiger partial charge on any atom is -0.497 e. The Morgan fingerprint density at radius 1 is 1.35 bits per heavy atom. The van der Waals surface area contributed by atoms with Gasteiger partial charge in [-0.25, -0.2) is 0 Å². The fraction of sp³-hybridized carbons (Fsp3) is 0.267. The first kappa shape index (κ1) is 11.5. The number of hydrogen-bond acceptors (Lipinski definition) is 2. The first-order chi connectivity index (χ1) is 8.33. The van der Waals surface area contributed by atoms with Crippen LogP contribution in [0.25, 0.3) is 0 Å². The van der Waals surface area contributed by atoms with E-state index in [-0.39, 0.29) is 0 Å². The molecule has 86 valence electrons. The Labute approximate surface area is 102 Å². The van der Waals surface area contributed by atoms with E-state index < -0.39 is 0 Å². The van der Waals surface area contributed by atoms with Gasteiger partial charge in [0.2, 0.25) is 0 Å². The van der Waals surface area contributed by atoms with Crippen LogP contribution in [0.15, 0.2) is 48.1 Å². The van der Waals surface area contributed by atoms with E-state index in [1.807, 2.05) is 12.1 Å². The van der Waals surface area contributed by atoms with Crippen LogP contribution < -0.4 is 4.74 Å². The number of allylic oxidation sites excluding steroid dienone is 4. The van der Waals surface area contributed by atoms with Gasteiger partial charge in [0.25, 0.3) is 0 Å². The summed E-state index contributed by atoms with van der Waals surface area (Å²) in [6, 6.07) is 10.3. The standard InChI is InChI=1S/C15H15NO/c1-17-15-8-6-14(7-9-15)13-4-2-12(3-5-13)10-11-16/h2-4,6-9,13H,5,10H2,1H3. The molecule has 1 unspecified atom stereocenters. The van der Waals surface area contributed by atoms with Gasteiger partial charge in [-0.2, -0.15) is 5.26 Å². The number of methoxy groups -OCH3 is 1. The van der Waals surface area contributed by atoms with Gasteiger partial charge in [-0.3, -0.25) is 0 Å². The quantitative estimate of drug-likeness (QED) is 0.787. The second-order valence-corrected chi connectivity index (χ2v) is 4.09. The molecule has 1 aromatic carbocycles. The molecule has 0 fully saturated rings. The summed E-state index contributed by atoms with van der Waals surface area (Å²) in [4.78, 5) is 0. The molecule has 0 radical (unpaired) electrons. The number of nitrogens with zero attached hydrogens (tertiary/aromatic N) is 1. The lowest BCUT2D eigenvalue weighted by atomic mass is 9.89. The van der Waals surface area contributed by atoms with Gasteiger partial charge in [-0.15, -0.1) is 0 Å². The molecule has 0 N–H and O–H groups in total. The molecule has 2 heteroatoms. The van der Waals surface area contributed by atoms with Gasteiger partial charge < -0.3 is 4.74 Å². The van der Waals surface area contributed by atoms with Crippen LogP contribution in [0.1, 0.15) is 24.3 Å². The van der Waals surface area contributed by atoms with E-state index in [1.54, 1.807) is 7.11 Å². The fourth-order valence-electron chi connectivity index (χ4n) is 1.99. The lowest BCUT2D eigenvalue weighted by Gasteiger charge is -2.16. The molecule has 0 saturated carbocycles. The fourth-order valence-corrected chi connectivity index (χ4v) is 1.99. The zero-order chi connectivity index (χ0) is 12.1. The summed E-state index contributed by atoms with van der Waals surface area (Å²) in [5.74, 6) is 1.30. The molecule has 0 aliphatic heterocycles. The first-order valence-corrected chi connectivity index (χ1v) is 5.71. The molecular weight excluding hydrogens is 210 g/mol. The molecule has 1 atom stereocenters. The maximum atomic E-state index is 8.62. The Kier molecular flexibility index (Phi) is 3.62. The van der Waals surface area contributed by atoms with Crippen molar-refractivity contribution in [2.75, 3.05) is 7.11 Å². The van der Waals surface area contributed by atoms with Gasteiger partial charge in [0.1, 0.15) is 5.75 Å². The van der Waals surface area contributed by atoms with Crippen molar-refractivity contribution in [1.82, 2.24) is 0 Å². The minimum absolute atomic E-state index is 0.420. The molecule has 0 amide bonds. The van der Waals surface area contributed by atoms with Crippen molar-refractivity contribution >= 4 is 0 Å². The summed E-state index contributed by atoms with van der Waals surface area (Å²) in [6.45, 7) is 0. The van der Waals surface area contributed by atoms with E-state index in [0.29, 0.717) is 12.3 Å². The van der Waals surface area contributed by atoms with Crippen LogP contribution in [0.5, 0.6) is 5.75 Å². The number of nitriles is 1. The van der Waals surface area contributed by atoms with E-state index in [9.17, 15) is 0 Å². The largest absolute Gasteiger partial charge is 0.497 e. The molecule has 1 aromatic rings. The molecule has 0 aromatic heterocycles. The highest BCUT2D eigenvalue weighted by molar-refractivity contribution is 5.36. The summed E-state index contributed by atoms with van der Waals surface area (Å²) in [5, 5.41) is 8.62. The molecule has 0 heterocycles. The van der Waals surface area contributed by atoms with E-state index in [2.05, 4.69) is 36.4 Å². The molecule has 0 bridgehead atoms. The predicted octanol–water partition coefficient (Wildman–Crippen LogP) is 3.58. The molecule has 1 aliphatic rings. The van der Waals surface area contributed by atoms with Crippen molar-refractivity contribution in [3.05, 3.63) is 53.6 Å². The molecule has 0 saturated heterocycles. The molecule has 2 nitrogen and oxygen atoms in total. The van der Waals surface area contributed by atoms with Crippen LogP contribution in [0, 0.1) is 11.3 Å². The van der Waals surface area contributed by atoms with E-state index >= 15 is 0 Å². The highest BCUT2D eigenvalue weighted by Gasteiger charge is 2.10. The molecular formula is C15H15NO. The average molecular weight is 225 g/mol. The summed E-state index contributed by atoms with van der Waals surface area (Å²) in [7, 11) is 1.67. The molecule has 1 aliphatic carbocycles. The SMILES string of the molecule is COc1ccc(C2C=CC(CC#N)=CC2)cc1. The normalized spacial score (nSPS) is 18.4. The van der Waals surface area contributed by atoms with Crippen molar-refractivity contribution < 1.29 is 4.74 Å². The second-order valence-electron chi connectivity index (χ2n) is 4.09. The Morgan fingerprint density at radius 2 is 2.12 bits per heavy atom. The third-order valence-electron chi connectivity index (χ3n) is 3.00. The maximum absolute atomic E-state index is 8.62. The number of rotatable bonds is 3. The average Bonchev–Trinajstić information content (AvgIpc) is 2.40. The summed E-state index contributed by atoms with van der Waals surface area (Å²) in [6.07, 6.45) is 7.86. The summed E-state index contributed by atoms with van der Waals surface area (Å²) in [5.41, 5.74) is 2.41. The van der Waals surface area contributed by atoms with Crippen molar-refractivity contribution in [3.8, 4) is 11.8 Å².